The van der Waals surface area contributed by atoms with Crippen LogP contribution < -0.4 is 10.2 Å². The first-order chi connectivity index (χ1) is 17.1. The lowest BCUT2D eigenvalue weighted by Crippen LogP contribution is -2.56. The van der Waals surface area contributed by atoms with Crippen molar-refractivity contribution in [2.75, 3.05) is 31.1 Å². The number of piperazine rings is 1. The summed E-state index contributed by atoms with van der Waals surface area (Å²) in [5.74, 6) is 0.732. The molecule has 3 aromatic rings. The first kappa shape index (κ1) is 25.7. The third-order valence-corrected chi connectivity index (χ3v) is 6.37. The summed E-state index contributed by atoms with van der Waals surface area (Å²) in [5.41, 5.74) is 2.13. The Morgan fingerprint density at radius 2 is 1.81 bits per heavy atom. The number of amides is 2. The monoisotopic (exact) mass is 509 g/mol. The van der Waals surface area contributed by atoms with E-state index in [0.29, 0.717) is 37.6 Å². The minimum atomic E-state index is -0.758. The molecule has 1 aliphatic rings. The summed E-state index contributed by atoms with van der Waals surface area (Å²) in [5, 5.41) is 4.43. The molecule has 0 spiro atoms. The number of nitrogens with zero attached hydrogens (tertiary/aromatic N) is 4. The first-order valence-electron chi connectivity index (χ1n) is 12.1. The van der Waals surface area contributed by atoms with Crippen LogP contribution in [0.25, 0.3) is 10.9 Å². The van der Waals surface area contributed by atoms with E-state index in [1.54, 1.807) is 38.1 Å². The smallest absolute Gasteiger partial charge is 0.408 e. The van der Waals surface area contributed by atoms with Crippen LogP contribution in [0.15, 0.2) is 48.8 Å². The van der Waals surface area contributed by atoms with Gasteiger partial charge in [0.25, 0.3) is 0 Å². The number of anilines is 1. The summed E-state index contributed by atoms with van der Waals surface area (Å²) in [7, 11) is 0. The number of aryl methyl sites for hydroxylation is 1. The second-order valence-corrected chi connectivity index (χ2v) is 10.4. The van der Waals surface area contributed by atoms with Crippen LogP contribution >= 0.6 is 11.6 Å². The number of rotatable bonds is 5. The van der Waals surface area contributed by atoms with Crippen molar-refractivity contribution in [2.45, 2.75) is 45.8 Å². The molecule has 1 aliphatic heterocycles. The minimum absolute atomic E-state index is 0.137. The number of hydrogen-bond donors (Lipinski definition) is 1. The van der Waals surface area contributed by atoms with E-state index < -0.39 is 17.7 Å². The molecule has 0 saturated carbocycles. The summed E-state index contributed by atoms with van der Waals surface area (Å²) in [4.78, 5) is 39.0. The SMILES string of the molecule is Cc1cc(Cl)ccc1CC(NC(=O)OC(C)(C)C)C(=O)N1CCN(c2ncnc3ccccc23)CC1. The molecule has 2 amide bonds. The maximum atomic E-state index is 13.6. The average molecular weight is 510 g/mol. The van der Waals surface area contributed by atoms with E-state index in [2.05, 4.69) is 20.2 Å². The maximum Gasteiger partial charge on any atom is 0.408 e. The average Bonchev–Trinajstić information content (AvgIpc) is 2.83. The minimum Gasteiger partial charge on any atom is -0.444 e. The van der Waals surface area contributed by atoms with Crippen molar-refractivity contribution in [2.24, 2.45) is 0 Å². The Bertz CT molecular complexity index is 1250. The van der Waals surface area contributed by atoms with Gasteiger partial charge in [-0.1, -0.05) is 29.8 Å². The van der Waals surface area contributed by atoms with Crippen molar-refractivity contribution in [3.8, 4) is 0 Å². The van der Waals surface area contributed by atoms with Crippen LogP contribution in [0.1, 0.15) is 31.9 Å². The van der Waals surface area contributed by atoms with Crippen LogP contribution in [0.2, 0.25) is 5.02 Å². The van der Waals surface area contributed by atoms with Gasteiger partial charge >= 0.3 is 6.09 Å². The molecule has 1 saturated heterocycles. The quantitative estimate of drug-likeness (QED) is 0.549. The molecule has 4 rings (SSSR count). The summed E-state index contributed by atoms with van der Waals surface area (Å²) < 4.78 is 5.44. The number of halogens is 1. The molecule has 1 aromatic heterocycles. The van der Waals surface area contributed by atoms with Gasteiger partial charge in [-0.15, -0.1) is 0 Å². The van der Waals surface area contributed by atoms with Gasteiger partial charge in [-0.05, 0) is 63.1 Å². The molecule has 190 valence electrons. The number of alkyl carbamates (subject to hydrolysis) is 1. The van der Waals surface area contributed by atoms with E-state index in [0.717, 1.165) is 27.8 Å². The highest BCUT2D eigenvalue weighted by atomic mass is 35.5. The zero-order chi connectivity index (χ0) is 25.9. The van der Waals surface area contributed by atoms with Crippen molar-refractivity contribution >= 4 is 40.3 Å². The molecule has 0 aliphatic carbocycles. The highest BCUT2D eigenvalue weighted by molar-refractivity contribution is 6.30. The van der Waals surface area contributed by atoms with Gasteiger partial charge < -0.3 is 19.9 Å². The predicted molar refractivity (Wildman–Crippen MR) is 141 cm³/mol. The predicted octanol–water partition coefficient (Wildman–Crippen LogP) is 4.38. The maximum absolute atomic E-state index is 13.6. The molecule has 36 heavy (non-hydrogen) atoms. The Hall–Kier alpha value is -3.39. The van der Waals surface area contributed by atoms with Crippen molar-refractivity contribution in [1.82, 2.24) is 20.2 Å². The lowest BCUT2D eigenvalue weighted by Gasteiger charge is -2.37. The number of hydrogen-bond acceptors (Lipinski definition) is 6. The number of ether oxygens (including phenoxy) is 1. The molecule has 9 heteroatoms. The summed E-state index contributed by atoms with van der Waals surface area (Å²) in [6, 6.07) is 12.7. The van der Waals surface area contributed by atoms with Gasteiger partial charge in [-0.3, -0.25) is 4.79 Å². The van der Waals surface area contributed by atoms with Crippen LogP contribution in [-0.2, 0) is 16.0 Å². The number of fused-ring (bicyclic) bond motifs is 1. The van der Waals surface area contributed by atoms with Gasteiger partial charge in [0.15, 0.2) is 0 Å². The van der Waals surface area contributed by atoms with Gasteiger partial charge in [0, 0.05) is 43.0 Å². The Balaban J connectivity index is 1.49. The fourth-order valence-corrected chi connectivity index (χ4v) is 4.59. The zero-order valence-electron chi connectivity index (χ0n) is 21.1. The van der Waals surface area contributed by atoms with E-state index in [1.165, 1.54) is 0 Å². The second-order valence-electron chi connectivity index (χ2n) is 10.0. The Kier molecular flexibility index (Phi) is 7.64. The summed E-state index contributed by atoms with van der Waals surface area (Å²) >= 11 is 6.12. The normalized spacial score (nSPS) is 15.0. The molecular formula is C27H32ClN5O3. The van der Waals surface area contributed by atoms with Crippen LogP contribution in [-0.4, -0.2) is 64.7 Å². The van der Waals surface area contributed by atoms with Crippen LogP contribution in [0.3, 0.4) is 0 Å². The van der Waals surface area contributed by atoms with Crippen LogP contribution in [0.5, 0.6) is 0 Å². The third-order valence-electron chi connectivity index (χ3n) is 6.13. The fraction of sp³-hybridized carbons (Fsp3) is 0.407. The zero-order valence-corrected chi connectivity index (χ0v) is 21.9. The number of para-hydroxylation sites is 1. The molecule has 8 nitrogen and oxygen atoms in total. The molecule has 0 radical (unpaired) electrons. The van der Waals surface area contributed by atoms with E-state index in [1.807, 2.05) is 43.3 Å². The van der Waals surface area contributed by atoms with Crippen LogP contribution in [0.4, 0.5) is 10.6 Å². The fourth-order valence-electron chi connectivity index (χ4n) is 4.36. The van der Waals surface area contributed by atoms with Gasteiger partial charge in [0.2, 0.25) is 5.91 Å². The number of benzene rings is 2. The van der Waals surface area contributed by atoms with Gasteiger partial charge in [-0.2, -0.15) is 0 Å². The molecule has 1 atom stereocenters. The first-order valence-corrected chi connectivity index (χ1v) is 12.5. The summed E-state index contributed by atoms with van der Waals surface area (Å²) in [6.45, 7) is 9.62. The van der Waals surface area contributed by atoms with E-state index in [9.17, 15) is 9.59 Å². The Morgan fingerprint density at radius 3 is 2.50 bits per heavy atom. The largest absolute Gasteiger partial charge is 0.444 e. The molecule has 2 heterocycles. The van der Waals surface area contributed by atoms with Crippen molar-refractivity contribution < 1.29 is 14.3 Å². The van der Waals surface area contributed by atoms with Gasteiger partial charge in [0.05, 0.1) is 5.52 Å². The number of aromatic nitrogens is 2. The van der Waals surface area contributed by atoms with E-state index >= 15 is 0 Å². The molecule has 1 fully saturated rings. The molecule has 1 N–H and O–H groups in total. The molecule has 0 bridgehead atoms. The number of carbonyl (C=O) groups excluding carboxylic acids is 2. The Labute approximate surface area is 216 Å². The van der Waals surface area contributed by atoms with Crippen molar-refractivity contribution in [3.05, 3.63) is 64.9 Å². The van der Waals surface area contributed by atoms with Crippen molar-refractivity contribution in [3.63, 3.8) is 0 Å². The molecule has 2 aromatic carbocycles. The van der Waals surface area contributed by atoms with Gasteiger partial charge in [0.1, 0.15) is 23.8 Å². The Morgan fingerprint density at radius 1 is 1.08 bits per heavy atom. The number of carbonyl (C=O) groups is 2. The highest BCUT2D eigenvalue weighted by Gasteiger charge is 2.31. The highest BCUT2D eigenvalue weighted by Crippen LogP contribution is 2.24. The lowest BCUT2D eigenvalue weighted by atomic mass is 10.00. The lowest BCUT2D eigenvalue weighted by molar-refractivity contribution is -0.133. The van der Waals surface area contributed by atoms with Crippen molar-refractivity contribution in [1.29, 1.82) is 0 Å². The van der Waals surface area contributed by atoms with E-state index in [4.69, 9.17) is 16.3 Å². The number of nitrogens with one attached hydrogen (secondary N) is 1. The molecule has 1 unspecified atom stereocenters. The molecular weight excluding hydrogens is 478 g/mol. The third kappa shape index (κ3) is 6.23. The van der Waals surface area contributed by atoms with Crippen LogP contribution in [0, 0.1) is 6.92 Å². The van der Waals surface area contributed by atoms with E-state index in [-0.39, 0.29) is 5.91 Å². The standard InChI is InChI=1S/C27H32ClN5O3/c1-18-15-20(28)10-9-19(18)16-23(31-26(35)36-27(2,3)4)25(34)33-13-11-32(12-14-33)24-21-7-5-6-8-22(21)29-17-30-24/h5-10,15,17,23H,11-14,16H2,1-4H3,(H,31,35). The topological polar surface area (TPSA) is 87.7 Å². The second kappa shape index (κ2) is 10.7. The summed E-state index contributed by atoms with van der Waals surface area (Å²) in [6.07, 6.45) is 1.31. The van der Waals surface area contributed by atoms with Gasteiger partial charge in [-0.25, -0.2) is 14.8 Å².